The topological polar surface area (TPSA) is 81.9 Å². The van der Waals surface area contributed by atoms with E-state index in [1.54, 1.807) is 15.8 Å². The van der Waals surface area contributed by atoms with E-state index in [0.717, 1.165) is 49.2 Å². The Bertz CT molecular complexity index is 885. The molecule has 2 fully saturated rings. The van der Waals surface area contributed by atoms with Crippen molar-refractivity contribution in [3.63, 3.8) is 0 Å². The van der Waals surface area contributed by atoms with Crippen LogP contribution in [0.25, 0.3) is 0 Å². The summed E-state index contributed by atoms with van der Waals surface area (Å²) < 4.78 is 1.71. The molecule has 2 saturated heterocycles. The lowest BCUT2D eigenvalue weighted by atomic mass is 10.2. The number of nitrogens with one attached hydrogen (secondary N) is 1. The molecule has 9 nitrogen and oxygen atoms in total. The third-order valence-electron chi connectivity index (χ3n) is 5.51. The molecule has 9 heteroatoms. The number of carbonyl (C=O) groups is 1. The van der Waals surface area contributed by atoms with Crippen molar-refractivity contribution < 1.29 is 4.79 Å². The van der Waals surface area contributed by atoms with E-state index in [1.165, 1.54) is 12.8 Å². The summed E-state index contributed by atoms with van der Waals surface area (Å²) in [5.74, 6) is 1.86. The smallest absolute Gasteiger partial charge is 0.246 e. The summed E-state index contributed by atoms with van der Waals surface area (Å²) in [7, 11) is 1.85. The van der Waals surface area contributed by atoms with Gasteiger partial charge in [-0.15, -0.1) is 0 Å². The summed E-state index contributed by atoms with van der Waals surface area (Å²) in [6.45, 7) is 7.14. The maximum atomic E-state index is 12.7. The summed E-state index contributed by atoms with van der Waals surface area (Å²) in [6.07, 6.45) is 7.99. The number of hydrogen-bond acceptors (Lipinski definition) is 5. The standard InChI is InChI=1S/C21H30N8O/c1-3-22-21(24-13-17-6-7-19(23-12-17)27-8-4-5-9-27)28-10-11-29(20(30)16-28)18-14-25-26(2)15-18/h6-7,12,14-15H,3-5,8-11,13,16H2,1-2H3,(H,22,24). The summed E-state index contributed by atoms with van der Waals surface area (Å²) in [6, 6.07) is 4.18. The van der Waals surface area contributed by atoms with Gasteiger partial charge in [0.2, 0.25) is 5.91 Å². The average Bonchev–Trinajstić information content (AvgIpc) is 3.43. The predicted octanol–water partition coefficient (Wildman–Crippen LogP) is 1.23. The van der Waals surface area contributed by atoms with Crippen LogP contribution < -0.4 is 15.1 Å². The highest BCUT2D eigenvalue weighted by molar-refractivity contribution is 5.98. The number of nitrogens with zero attached hydrogens (tertiary/aromatic N) is 7. The van der Waals surface area contributed by atoms with Crippen LogP contribution in [0.4, 0.5) is 11.5 Å². The lowest BCUT2D eigenvalue weighted by molar-refractivity contribution is -0.120. The second kappa shape index (κ2) is 9.15. The molecule has 1 N–H and O–H groups in total. The van der Waals surface area contributed by atoms with Crippen LogP contribution in [0.15, 0.2) is 35.7 Å². The number of aromatic nitrogens is 3. The number of hydrogen-bond donors (Lipinski definition) is 1. The first-order chi connectivity index (χ1) is 14.6. The van der Waals surface area contributed by atoms with Crippen LogP contribution in [0.5, 0.6) is 0 Å². The van der Waals surface area contributed by atoms with E-state index >= 15 is 0 Å². The van der Waals surface area contributed by atoms with Crippen LogP contribution in [0.1, 0.15) is 25.3 Å². The van der Waals surface area contributed by atoms with Crippen LogP contribution >= 0.6 is 0 Å². The Morgan fingerprint density at radius 3 is 2.63 bits per heavy atom. The Kier molecular flexibility index (Phi) is 6.15. The number of amides is 1. The fourth-order valence-electron chi connectivity index (χ4n) is 3.91. The maximum absolute atomic E-state index is 12.7. The number of rotatable bonds is 5. The number of aliphatic imine (C=N–C) groups is 1. The fourth-order valence-corrected chi connectivity index (χ4v) is 3.91. The van der Waals surface area contributed by atoms with Crippen molar-refractivity contribution in [3.8, 4) is 0 Å². The molecule has 0 atom stereocenters. The van der Waals surface area contributed by atoms with E-state index in [0.29, 0.717) is 19.6 Å². The molecule has 1 amide bonds. The highest BCUT2D eigenvalue weighted by Gasteiger charge is 2.27. The molecule has 0 aromatic carbocycles. The van der Waals surface area contributed by atoms with E-state index in [1.807, 2.05) is 31.3 Å². The molecule has 0 aliphatic carbocycles. The molecule has 2 aromatic rings. The minimum Gasteiger partial charge on any atom is -0.357 e. The molecule has 0 spiro atoms. The highest BCUT2D eigenvalue weighted by atomic mass is 16.2. The molecule has 2 aliphatic rings. The van der Waals surface area contributed by atoms with Crippen LogP contribution in [0.3, 0.4) is 0 Å². The Labute approximate surface area is 177 Å². The first-order valence-corrected chi connectivity index (χ1v) is 10.7. The van der Waals surface area contributed by atoms with Gasteiger partial charge >= 0.3 is 0 Å². The minimum atomic E-state index is 0.0523. The van der Waals surface area contributed by atoms with Gasteiger partial charge < -0.3 is 20.0 Å². The molecule has 2 aromatic heterocycles. The van der Waals surface area contributed by atoms with Gasteiger partial charge in [0.05, 0.1) is 18.4 Å². The van der Waals surface area contributed by atoms with Crippen molar-refractivity contribution in [2.75, 3.05) is 49.1 Å². The van der Waals surface area contributed by atoms with Gasteiger partial charge in [-0.3, -0.25) is 9.48 Å². The Balaban J connectivity index is 1.39. The van der Waals surface area contributed by atoms with Crippen LogP contribution in [-0.4, -0.2) is 70.8 Å². The Morgan fingerprint density at radius 2 is 2.00 bits per heavy atom. The van der Waals surface area contributed by atoms with E-state index in [4.69, 9.17) is 4.99 Å². The molecular weight excluding hydrogens is 380 g/mol. The molecule has 160 valence electrons. The number of anilines is 2. The SMILES string of the molecule is CCNC(=NCc1ccc(N2CCCC2)nc1)N1CCN(c2cnn(C)c2)C(=O)C1. The molecule has 0 unspecified atom stereocenters. The molecule has 4 heterocycles. The molecule has 0 bridgehead atoms. The van der Waals surface area contributed by atoms with Gasteiger partial charge in [0.1, 0.15) is 12.4 Å². The summed E-state index contributed by atoms with van der Waals surface area (Å²) in [5, 5.41) is 7.49. The molecule has 2 aliphatic heterocycles. The van der Waals surface area contributed by atoms with Gasteiger partial charge in [-0.25, -0.2) is 9.98 Å². The van der Waals surface area contributed by atoms with Crippen molar-refractivity contribution in [3.05, 3.63) is 36.3 Å². The first kappa shape index (κ1) is 20.2. The molecule has 4 rings (SSSR count). The summed E-state index contributed by atoms with van der Waals surface area (Å²) in [4.78, 5) is 28.2. The molecule has 0 radical (unpaired) electrons. The van der Waals surface area contributed by atoms with Gasteiger partial charge in [0.15, 0.2) is 5.96 Å². The third kappa shape index (κ3) is 4.55. The normalized spacial score (nSPS) is 17.7. The Hall–Kier alpha value is -3.10. The van der Waals surface area contributed by atoms with Crippen molar-refractivity contribution >= 4 is 23.4 Å². The highest BCUT2D eigenvalue weighted by Crippen LogP contribution is 2.18. The predicted molar refractivity (Wildman–Crippen MR) is 118 cm³/mol. The van der Waals surface area contributed by atoms with E-state index in [2.05, 4.69) is 32.4 Å². The minimum absolute atomic E-state index is 0.0523. The van der Waals surface area contributed by atoms with Gasteiger partial charge in [0, 0.05) is 52.2 Å². The van der Waals surface area contributed by atoms with Crippen molar-refractivity contribution in [2.24, 2.45) is 12.0 Å². The number of piperazine rings is 1. The number of carbonyl (C=O) groups excluding carboxylic acids is 1. The van der Waals surface area contributed by atoms with Gasteiger partial charge in [-0.1, -0.05) is 6.07 Å². The lowest BCUT2D eigenvalue weighted by Gasteiger charge is -2.35. The lowest BCUT2D eigenvalue weighted by Crippen LogP contribution is -2.55. The molecular formula is C21H30N8O. The molecule has 30 heavy (non-hydrogen) atoms. The number of guanidine groups is 1. The summed E-state index contributed by atoms with van der Waals surface area (Å²) >= 11 is 0. The van der Waals surface area contributed by atoms with Crippen LogP contribution in [0, 0.1) is 0 Å². The quantitative estimate of drug-likeness (QED) is 0.590. The number of aryl methyl sites for hydroxylation is 1. The van der Waals surface area contributed by atoms with Crippen molar-refractivity contribution in [1.82, 2.24) is 25.0 Å². The zero-order valence-corrected chi connectivity index (χ0v) is 17.8. The summed E-state index contributed by atoms with van der Waals surface area (Å²) in [5.41, 5.74) is 1.90. The fraction of sp³-hybridized carbons (Fsp3) is 0.524. The average molecular weight is 411 g/mol. The van der Waals surface area contributed by atoms with Crippen molar-refractivity contribution in [2.45, 2.75) is 26.3 Å². The Morgan fingerprint density at radius 1 is 1.17 bits per heavy atom. The van der Waals surface area contributed by atoms with E-state index in [-0.39, 0.29) is 5.91 Å². The van der Waals surface area contributed by atoms with Gasteiger partial charge in [-0.05, 0) is 31.4 Å². The number of pyridine rings is 1. The van der Waals surface area contributed by atoms with Gasteiger partial charge in [0.25, 0.3) is 0 Å². The molecule has 0 saturated carbocycles. The second-order valence-electron chi connectivity index (χ2n) is 7.73. The van der Waals surface area contributed by atoms with Crippen LogP contribution in [0.2, 0.25) is 0 Å². The zero-order valence-electron chi connectivity index (χ0n) is 17.8. The largest absolute Gasteiger partial charge is 0.357 e. The second-order valence-corrected chi connectivity index (χ2v) is 7.73. The first-order valence-electron chi connectivity index (χ1n) is 10.7. The maximum Gasteiger partial charge on any atom is 0.246 e. The van der Waals surface area contributed by atoms with Gasteiger partial charge in [-0.2, -0.15) is 5.10 Å². The zero-order chi connectivity index (χ0) is 20.9. The van der Waals surface area contributed by atoms with Crippen molar-refractivity contribution in [1.29, 1.82) is 0 Å². The monoisotopic (exact) mass is 410 g/mol. The van der Waals surface area contributed by atoms with E-state index < -0.39 is 0 Å². The third-order valence-corrected chi connectivity index (χ3v) is 5.51. The van der Waals surface area contributed by atoms with E-state index in [9.17, 15) is 4.79 Å². The van der Waals surface area contributed by atoms with Crippen LogP contribution in [-0.2, 0) is 18.4 Å².